The third-order valence-corrected chi connectivity index (χ3v) is 20.5. The molecule has 8 rings (SSSR count). The first-order chi connectivity index (χ1) is 43.9. The average molecular weight is 1340 g/mol. The number of carbonyl (C=O) groups is 5. The van der Waals surface area contributed by atoms with E-state index in [9.17, 15) is 34.2 Å². The number of benzene rings is 4. The molecule has 3 atom stereocenters. The lowest BCUT2D eigenvalue weighted by atomic mass is 9.77. The van der Waals surface area contributed by atoms with Gasteiger partial charge in [-0.3, -0.25) is 14.5 Å². The number of carboxylic acid groups (broad SMARTS) is 1. The average Bonchev–Trinajstić information content (AvgIpc) is 0.796. The minimum atomic E-state index is -1.37. The van der Waals surface area contributed by atoms with Crippen LogP contribution in [-0.4, -0.2) is 137 Å². The Morgan fingerprint density at radius 3 is 1.85 bits per heavy atom. The zero-order valence-electron chi connectivity index (χ0n) is 53.4. The van der Waals surface area contributed by atoms with Crippen LogP contribution in [0.5, 0.6) is 11.6 Å². The van der Waals surface area contributed by atoms with E-state index in [0.717, 1.165) is 51.7 Å². The normalized spacial score (nSPS) is 15.3. The van der Waals surface area contributed by atoms with Crippen molar-refractivity contribution >= 4 is 98.7 Å². The number of esters is 2. The summed E-state index contributed by atoms with van der Waals surface area (Å²) in [5.74, 6) is -3.77. The van der Waals surface area contributed by atoms with Crippen LogP contribution in [0.4, 0.5) is 5.13 Å². The van der Waals surface area contributed by atoms with E-state index in [0.29, 0.717) is 27.8 Å². The number of fused-ring (bicyclic) bond motifs is 1. The van der Waals surface area contributed by atoms with Gasteiger partial charge in [-0.25, -0.2) is 19.4 Å². The molecule has 488 valence electrons. The molecule has 6 aromatic rings. The van der Waals surface area contributed by atoms with Crippen molar-refractivity contribution in [1.82, 2.24) is 19.6 Å². The number of anilines is 1. The molecule has 18 nitrogen and oxygen atoms in total. The Morgan fingerprint density at radius 1 is 0.802 bits per heavy atom. The smallest absolute Gasteiger partial charge is 0.361 e. The molecule has 2 aromatic heterocycles. The lowest BCUT2D eigenvalue weighted by Crippen LogP contribution is -2.71. The number of β-lactam (4-membered cyclic amide) rings is 1. The summed E-state index contributed by atoms with van der Waals surface area (Å²) in [7, 11) is 1.53. The van der Waals surface area contributed by atoms with Crippen LogP contribution >= 0.6 is 58.2 Å². The van der Waals surface area contributed by atoms with Gasteiger partial charge in [0.2, 0.25) is 5.88 Å². The molecule has 0 spiro atoms. The zero-order chi connectivity index (χ0) is 65.6. The molecule has 0 radical (unpaired) electrons. The monoisotopic (exact) mass is 1340 g/mol. The van der Waals surface area contributed by atoms with Crippen molar-refractivity contribution in [2.45, 2.75) is 146 Å². The second-order valence-corrected chi connectivity index (χ2v) is 28.3. The molecule has 0 aliphatic carbocycles. The number of oxime groups is 1. The molecule has 4 N–H and O–H groups in total. The Balaban J connectivity index is 0.000000604. The lowest BCUT2D eigenvalue weighted by molar-refractivity contribution is -0.929. The summed E-state index contributed by atoms with van der Waals surface area (Å²) in [4.78, 5) is 80.7. The Kier molecular flexibility index (Phi) is 27.3. The van der Waals surface area contributed by atoms with Crippen molar-refractivity contribution in [1.29, 1.82) is 0 Å². The number of carbonyl (C=O) groups excluding carboxylic acids is 4. The summed E-state index contributed by atoms with van der Waals surface area (Å²) in [5.41, 5.74) is 0.0186. The number of methoxy groups -OCH3 is 1. The number of aromatic carboxylic acids is 1. The van der Waals surface area contributed by atoms with Crippen LogP contribution in [0.2, 0.25) is 0 Å². The van der Waals surface area contributed by atoms with E-state index in [1.54, 1.807) is 50.4 Å². The summed E-state index contributed by atoms with van der Waals surface area (Å²) in [6.07, 6.45) is 11.1. The number of quaternary nitrogens is 1. The van der Waals surface area contributed by atoms with Crippen LogP contribution in [0.3, 0.4) is 0 Å². The minimum absolute atomic E-state index is 0.0401. The molecule has 1 fully saturated rings. The number of thioether (sulfide) groups is 3. The van der Waals surface area contributed by atoms with Crippen LogP contribution in [0, 0.1) is 0 Å². The molecule has 91 heavy (non-hydrogen) atoms. The summed E-state index contributed by atoms with van der Waals surface area (Å²) >= 11 is 5.42. The fourth-order valence-corrected chi connectivity index (χ4v) is 15.3. The van der Waals surface area contributed by atoms with Gasteiger partial charge in [0.05, 0.1) is 37.5 Å². The molecule has 4 aromatic carbocycles. The topological polar surface area (TPSA) is 228 Å². The van der Waals surface area contributed by atoms with E-state index in [1.807, 2.05) is 97.9 Å². The molecule has 0 unspecified atom stereocenters. The van der Waals surface area contributed by atoms with E-state index in [2.05, 4.69) is 47.9 Å². The highest BCUT2D eigenvalue weighted by Crippen LogP contribution is 2.44. The molecule has 23 heteroatoms. The largest absolute Gasteiger partial charge is 0.497 e. The van der Waals surface area contributed by atoms with Crippen LogP contribution in [0.25, 0.3) is 0 Å². The van der Waals surface area contributed by atoms with Gasteiger partial charge in [-0.1, -0.05) is 169 Å². The Bertz CT molecular complexity index is 3260. The number of ether oxygens (including phenoxy) is 3. The van der Waals surface area contributed by atoms with E-state index >= 15 is 0 Å². The zero-order valence-corrected chi connectivity index (χ0v) is 57.5. The second-order valence-electron chi connectivity index (χ2n) is 23.0. The number of carboxylic acids is 1. The van der Waals surface area contributed by atoms with Gasteiger partial charge in [0.15, 0.2) is 10.8 Å². The third-order valence-electron chi connectivity index (χ3n) is 15.3. The summed E-state index contributed by atoms with van der Waals surface area (Å²) in [6, 6.07) is 35.4. The van der Waals surface area contributed by atoms with Crippen LogP contribution in [0.1, 0.15) is 145 Å². The summed E-state index contributed by atoms with van der Waals surface area (Å²) in [5, 5.41) is 31.9. The summed E-state index contributed by atoms with van der Waals surface area (Å²) in [6.45, 7) is 21.9. The van der Waals surface area contributed by atoms with Crippen molar-refractivity contribution in [3.05, 3.63) is 165 Å². The van der Waals surface area contributed by atoms with E-state index in [1.165, 1.54) is 117 Å². The third kappa shape index (κ3) is 18.9. The maximum Gasteiger partial charge on any atom is 0.361 e. The number of hydrogen-bond acceptors (Lipinski definition) is 19. The highest BCUT2D eigenvalue weighted by atomic mass is 32.2. The van der Waals surface area contributed by atoms with Gasteiger partial charge < -0.3 is 44.4 Å². The number of rotatable bonds is 33. The molecule has 4 heterocycles. The lowest BCUT2D eigenvalue weighted by Gasteiger charge is -2.49. The van der Waals surface area contributed by atoms with Crippen molar-refractivity contribution in [3.63, 3.8) is 0 Å². The van der Waals surface area contributed by atoms with Crippen molar-refractivity contribution < 1.29 is 57.7 Å². The van der Waals surface area contributed by atoms with E-state index in [4.69, 9.17) is 24.0 Å². The molecular formula is C68H86N7O11S5+. The van der Waals surface area contributed by atoms with Gasteiger partial charge in [-0.15, -0.1) is 46.6 Å². The van der Waals surface area contributed by atoms with E-state index < -0.39 is 63.6 Å². The number of nitrogens with one attached hydrogen (secondary N) is 2. The Labute approximate surface area is 556 Å². The van der Waals surface area contributed by atoms with Crippen LogP contribution in [-0.2, 0) is 45.6 Å². The molecule has 1 saturated heterocycles. The SMILES string of the molecule is CCCC[N+](CCCC)(CCCC)CCCC.CCS[C@@H](O/N=C(\C(=O)N[C@@H]1C(=O)N2C(C(=O)OCc3ccc(OC)cc3)=C(CSc3snc(O)c3C(=O)O)CS[C@@H]12)c1csc(NC(c2ccccc2)(c2ccccc2)c2ccccc2)n1)C(=O)OC(C)(C)C. The molecule has 2 aliphatic heterocycles. The molecule has 0 bridgehead atoms. The van der Waals surface area contributed by atoms with Gasteiger partial charge in [-0.2, -0.15) is 4.37 Å². The molecular weight excluding hydrogens is 1250 g/mol. The highest BCUT2D eigenvalue weighted by molar-refractivity contribution is 8.02. The predicted molar refractivity (Wildman–Crippen MR) is 366 cm³/mol. The Morgan fingerprint density at radius 2 is 1.35 bits per heavy atom. The fraction of sp³-hybridized carbons (Fsp3) is 0.441. The quantitative estimate of drug-likeness (QED) is 0.00439. The van der Waals surface area contributed by atoms with Crippen LogP contribution in [0.15, 0.2) is 141 Å². The van der Waals surface area contributed by atoms with Crippen LogP contribution < -0.4 is 15.4 Å². The number of aromatic nitrogens is 2. The first-order valence-corrected chi connectivity index (χ1v) is 35.8. The number of nitrogens with zero attached hydrogens (tertiary/aromatic N) is 5. The predicted octanol–water partition coefficient (Wildman–Crippen LogP) is 13.8. The number of unbranched alkanes of at least 4 members (excludes halogenated alkanes) is 4. The van der Waals surface area contributed by atoms with Crippen molar-refractivity contribution in [2.24, 2.45) is 5.16 Å². The number of thiazole rings is 1. The first kappa shape index (κ1) is 71.5. The Hall–Kier alpha value is -6.89. The van der Waals surface area contributed by atoms with Gasteiger partial charge in [0.25, 0.3) is 17.3 Å². The first-order valence-electron chi connectivity index (χ1n) is 31.0. The molecule has 0 saturated carbocycles. The van der Waals surface area contributed by atoms with Gasteiger partial charge in [0, 0.05) is 16.9 Å². The highest BCUT2D eigenvalue weighted by Gasteiger charge is 2.55. The maximum absolute atomic E-state index is 14.8. The minimum Gasteiger partial charge on any atom is -0.497 e. The maximum atomic E-state index is 14.8. The van der Waals surface area contributed by atoms with Crippen molar-refractivity contribution in [2.75, 3.05) is 55.9 Å². The number of aromatic hydroxyl groups is 1. The molecule has 2 amide bonds. The molecule has 2 aliphatic rings. The van der Waals surface area contributed by atoms with Gasteiger partial charge in [0.1, 0.15) is 51.9 Å². The van der Waals surface area contributed by atoms with E-state index in [-0.39, 0.29) is 45.0 Å². The summed E-state index contributed by atoms with van der Waals surface area (Å²) < 4.78 is 22.1. The standard InChI is InChI=1S/C52H50N6O11S5.C16H36N/c1-6-70-48(47(65)68-51(2,3)4)69-56-38(36-29-73-50(53-36)55-52(32-16-10-7-11-17-32,33-18-12-8-13-19-33)34-20-14-9-15-21-34)42(60)54-39-43(61)58-40(46(64)67-26-30-22-24-35(66-5)25-23-30)31(27-71-44(39)58)28-72-49-37(45(62)63)41(59)57-74-49;1-5-9-13-17(14-10-6-2,15-11-7-3)16-12-8-4/h7-25,29,39,44,48H,6,26-28H2,1-5H3,(H,53,55)(H,54,60)(H,57,59)(H,62,63);5-16H2,1-4H3/q;+1/b56-38-;/t39-,44+,48-;/m1./s1. The fourth-order valence-electron chi connectivity index (χ4n) is 10.6. The van der Waals surface area contributed by atoms with Gasteiger partial charge >= 0.3 is 17.9 Å². The number of amides is 2. The second kappa shape index (κ2) is 34.7. The van der Waals surface area contributed by atoms with Gasteiger partial charge in [-0.05, 0) is 104 Å². The number of hydrogen-bond donors (Lipinski definition) is 4. The van der Waals surface area contributed by atoms with Crippen molar-refractivity contribution in [3.8, 4) is 11.6 Å².